The van der Waals surface area contributed by atoms with Crippen molar-refractivity contribution in [2.45, 2.75) is 32.8 Å². The number of hydrogen-bond donors (Lipinski definition) is 2. The van der Waals surface area contributed by atoms with Crippen molar-refractivity contribution >= 4 is 11.0 Å². The zero-order chi connectivity index (χ0) is 13.0. The first-order valence-electron chi connectivity index (χ1n) is 6.67. The van der Waals surface area contributed by atoms with E-state index >= 15 is 0 Å². The molecule has 2 aromatic rings. The smallest absolute Gasteiger partial charge is 0.138 e. The average molecular weight is 247 g/mol. The van der Waals surface area contributed by atoms with Crippen LogP contribution in [0.5, 0.6) is 0 Å². The fraction of sp³-hybridized carbons (Fsp3) is 0.467. The van der Waals surface area contributed by atoms with E-state index in [2.05, 4.69) is 19.2 Å². The Balaban J connectivity index is 2.26. The summed E-state index contributed by atoms with van der Waals surface area (Å²) in [5.41, 5.74) is 1.98. The number of rotatable bonds is 6. The van der Waals surface area contributed by atoms with E-state index < -0.39 is 6.10 Å². The minimum Gasteiger partial charge on any atom is -0.458 e. The molecule has 0 saturated carbocycles. The second kappa shape index (κ2) is 6.03. The number of benzene rings is 1. The first kappa shape index (κ1) is 13.1. The van der Waals surface area contributed by atoms with Crippen LogP contribution in [0.3, 0.4) is 0 Å². The Labute approximate surface area is 108 Å². The van der Waals surface area contributed by atoms with Gasteiger partial charge >= 0.3 is 0 Å². The highest BCUT2D eigenvalue weighted by molar-refractivity contribution is 5.82. The van der Waals surface area contributed by atoms with Gasteiger partial charge in [0.05, 0.1) is 0 Å². The molecule has 0 amide bonds. The van der Waals surface area contributed by atoms with E-state index in [1.165, 1.54) is 0 Å². The van der Waals surface area contributed by atoms with Crippen molar-refractivity contribution in [1.29, 1.82) is 0 Å². The van der Waals surface area contributed by atoms with Gasteiger partial charge in [-0.25, -0.2) is 0 Å². The summed E-state index contributed by atoms with van der Waals surface area (Å²) in [6, 6.07) is 7.96. The van der Waals surface area contributed by atoms with E-state index in [9.17, 15) is 5.11 Å². The molecule has 0 saturated heterocycles. The van der Waals surface area contributed by atoms with E-state index in [0.29, 0.717) is 12.3 Å². The first-order chi connectivity index (χ1) is 8.77. The highest BCUT2D eigenvalue weighted by Crippen LogP contribution is 2.30. The molecule has 0 bridgehead atoms. The van der Waals surface area contributed by atoms with Crippen molar-refractivity contribution in [3.05, 3.63) is 35.6 Å². The van der Waals surface area contributed by atoms with E-state index in [4.69, 9.17) is 4.42 Å². The van der Waals surface area contributed by atoms with Gasteiger partial charge < -0.3 is 14.8 Å². The molecule has 3 nitrogen and oxygen atoms in total. The van der Waals surface area contributed by atoms with Crippen LogP contribution in [0.25, 0.3) is 11.0 Å². The number of aliphatic hydroxyl groups is 1. The van der Waals surface area contributed by atoms with Gasteiger partial charge in [-0.1, -0.05) is 32.0 Å². The Morgan fingerprint density at radius 2 is 2.06 bits per heavy atom. The lowest BCUT2D eigenvalue weighted by Crippen LogP contribution is -2.22. The van der Waals surface area contributed by atoms with Gasteiger partial charge in [0.15, 0.2) is 0 Å². The third-order valence-electron chi connectivity index (χ3n) is 3.15. The van der Waals surface area contributed by atoms with Crippen LogP contribution in [-0.2, 0) is 6.42 Å². The first-order valence-corrected chi connectivity index (χ1v) is 6.67. The van der Waals surface area contributed by atoms with Gasteiger partial charge in [0.2, 0.25) is 0 Å². The number of furan rings is 1. The monoisotopic (exact) mass is 247 g/mol. The van der Waals surface area contributed by atoms with Crippen LogP contribution < -0.4 is 5.32 Å². The molecule has 0 aliphatic heterocycles. The quantitative estimate of drug-likeness (QED) is 0.771. The molecule has 3 heteroatoms. The Morgan fingerprint density at radius 3 is 2.78 bits per heavy atom. The normalized spacial score (nSPS) is 13.1. The molecule has 1 atom stereocenters. The molecule has 0 unspecified atom stereocenters. The SMILES string of the molecule is CCCNC[C@@H](O)c1oc2ccccc2c1CC. The maximum absolute atomic E-state index is 10.2. The Bertz CT molecular complexity index is 504. The van der Waals surface area contributed by atoms with Crippen molar-refractivity contribution < 1.29 is 9.52 Å². The standard InChI is InChI=1S/C15H21NO2/c1-3-9-16-10-13(17)15-11(4-2)12-7-5-6-8-14(12)18-15/h5-8,13,16-17H,3-4,9-10H2,1-2H3/t13-/m1/s1. The zero-order valence-corrected chi connectivity index (χ0v) is 11.1. The lowest BCUT2D eigenvalue weighted by atomic mass is 10.1. The van der Waals surface area contributed by atoms with Crippen LogP contribution in [0.1, 0.15) is 37.7 Å². The van der Waals surface area contributed by atoms with Crippen LogP contribution in [0.15, 0.2) is 28.7 Å². The van der Waals surface area contributed by atoms with Crippen LogP contribution in [-0.4, -0.2) is 18.2 Å². The number of aliphatic hydroxyl groups excluding tert-OH is 1. The molecule has 98 valence electrons. The van der Waals surface area contributed by atoms with Crippen molar-refractivity contribution in [3.8, 4) is 0 Å². The van der Waals surface area contributed by atoms with Crippen LogP contribution in [0, 0.1) is 0 Å². The van der Waals surface area contributed by atoms with Crippen molar-refractivity contribution in [1.82, 2.24) is 5.32 Å². The number of para-hydroxylation sites is 1. The van der Waals surface area contributed by atoms with E-state index in [-0.39, 0.29) is 0 Å². The summed E-state index contributed by atoms with van der Waals surface area (Å²) in [5, 5.41) is 14.5. The Kier molecular flexibility index (Phi) is 4.39. The van der Waals surface area contributed by atoms with Gasteiger partial charge in [-0.2, -0.15) is 0 Å². The van der Waals surface area contributed by atoms with Crippen molar-refractivity contribution in [2.75, 3.05) is 13.1 Å². The molecule has 0 aliphatic carbocycles. The third kappa shape index (κ3) is 2.57. The molecular formula is C15H21NO2. The summed E-state index contributed by atoms with van der Waals surface area (Å²) >= 11 is 0. The molecule has 1 aromatic carbocycles. The molecule has 0 spiro atoms. The van der Waals surface area contributed by atoms with E-state index in [1.807, 2.05) is 24.3 Å². The average Bonchev–Trinajstić information content (AvgIpc) is 2.77. The van der Waals surface area contributed by atoms with Gasteiger partial charge in [-0.15, -0.1) is 0 Å². The molecule has 0 fully saturated rings. The maximum atomic E-state index is 10.2. The molecule has 2 N–H and O–H groups in total. The fourth-order valence-electron chi connectivity index (χ4n) is 2.26. The van der Waals surface area contributed by atoms with Crippen molar-refractivity contribution in [2.24, 2.45) is 0 Å². The summed E-state index contributed by atoms with van der Waals surface area (Å²) in [4.78, 5) is 0. The summed E-state index contributed by atoms with van der Waals surface area (Å²) < 4.78 is 5.79. The molecule has 0 radical (unpaired) electrons. The summed E-state index contributed by atoms with van der Waals surface area (Å²) in [7, 11) is 0. The molecule has 0 aliphatic rings. The molecule has 1 aromatic heterocycles. The highest BCUT2D eigenvalue weighted by atomic mass is 16.4. The fourth-order valence-corrected chi connectivity index (χ4v) is 2.26. The second-order valence-corrected chi connectivity index (χ2v) is 4.51. The van der Waals surface area contributed by atoms with Gasteiger partial charge in [-0.05, 0) is 25.5 Å². The minimum absolute atomic E-state index is 0.542. The summed E-state index contributed by atoms with van der Waals surface area (Å²) in [6.07, 6.45) is 1.36. The second-order valence-electron chi connectivity index (χ2n) is 4.51. The predicted octanol–water partition coefficient (Wildman–Crippen LogP) is 3.03. The van der Waals surface area contributed by atoms with Gasteiger partial charge in [0, 0.05) is 17.5 Å². The van der Waals surface area contributed by atoms with Gasteiger partial charge in [0.1, 0.15) is 17.4 Å². The predicted molar refractivity (Wildman–Crippen MR) is 73.7 cm³/mol. The Hall–Kier alpha value is -1.32. The van der Waals surface area contributed by atoms with Crippen LogP contribution in [0.2, 0.25) is 0 Å². The van der Waals surface area contributed by atoms with Crippen molar-refractivity contribution in [3.63, 3.8) is 0 Å². The number of fused-ring (bicyclic) bond motifs is 1. The van der Waals surface area contributed by atoms with Gasteiger partial charge in [-0.3, -0.25) is 0 Å². The lowest BCUT2D eigenvalue weighted by Gasteiger charge is -2.10. The third-order valence-corrected chi connectivity index (χ3v) is 3.15. The molecule has 2 rings (SSSR count). The van der Waals surface area contributed by atoms with Crippen LogP contribution >= 0.6 is 0 Å². The topological polar surface area (TPSA) is 45.4 Å². The molecule has 18 heavy (non-hydrogen) atoms. The van der Waals surface area contributed by atoms with E-state index in [1.54, 1.807) is 0 Å². The number of hydrogen-bond acceptors (Lipinski definition) is 3. The number of nitrogens with one attached hydrogen (secondary N) is 1. The minimum atomic E-state index is -0.570. The molecule has 1 heterocycles. The maximum Gasteiger partial charge on any atom is 0.138 e. The van der Waals surface area contributed by atoms with E-state index in [0.717, 1.165) is 35.9 Å². The van der Waals surface area contributed by atoms with Crippen LogP contribution in [0.4, 0.5) is 0 Å². The highest BCUT2D eigenvalue weighted by Gasteiger charge is 2.18. The van der Waals surface area contributed by atoms with Gasteiger partial charge in [0.25, 0.3) is 0 Å². The number of aryl methyl sites for hydroxylation is 1. The molecular weight excluding hydrogens is 226 g/mol. The summed E-state index contributed by atoms with van der Waals surface area (Å²) in [5.74, 6) is 0.710. The Morgan fingerprint density at radius 1 is 1.28 bits per heavy atom. The lowest BCUT2D eigenvalue weighted by molar-refractivity contribution is 0.149. The largest absolute Gasteiger partial charge is 0.458 e. The summed E-state index contributed by atoms with van der Waals surface area (Å²) in [6.45, 7) is 5.66. The zero-order valence-electron chi connectivity index (χ0n) is 11.1.